The minimum absolute atomic E-state index is 0.102. The Kier molecular flexibility index (Phi) is 4.26. The first kappa shape index (κ1) is 15.4. The van der Waals surface area contributed by atoms with Gasteiger partial charge in [-0.3, -0.25) is 4.79 Å². The largest absolute Gasteiger partial charge is 0.495 e. The molecule has 0 atom stereocenters. The summed E-state index contributed by atoms with van der Waals surface area (Å²) < 4.78 is 5.28. The number of carbonyl (C=O) groups excluding carboxylic acids is 1. The van der Waals surface area contributed by atoms with Crippen LogP contribution in [-0.4, -0.2) is 18.0 Å². The zero-order valence-electron chi connectivity index (χ0n) is 12.9. The van der Waals surface area contributed by atoms with Gasteiger partial charge in [-0.2, -0.15) is 0 Å². The molecular formula is C18H17ClN2O2. The molecule has 2 aromatic carbocycles. The first-order chi connectivity index (χ1) is 11.1. The molecule has 0 saturated heterocycles. The Bertz CT molecular complexity index is 871. The number of carbonyl (C=O) groups is 1. The number of para-hydroxylation sites is 1. The highest BCUT2D eigenvalue weighted by molar-refractivity contribution is 6.31. The van der Waals surface area contributed by atoms with E-state index in [0.29, 0.717) is 16.5 Å². The number of methoxy groups -OCH3 is 1. The van der Waals surface area contributed by atoms with Gasteiger partial charge in [0.05, 0.1) is 19.2 Å². The third-order valence-corrected chi connectivity index (χ3v) is 4.19. The molecular weight excluding hydrogens is 312 g/mol. The summed E-state index contributed by atoms with van der Waals surface area (Å²) in [5.74, 6) is 0.447. The molecule has 1 amide bonds. The fourth-order valence-corrected chi connectivity index (χ4v) is 2.73. The van der Waals surface area contributed by atoms with Crippen LogP contribution in [-0.2, 0) is 11.2 Å². The quantitative estimate of drug-likeness (QED) is 0.749. The van der Waals surface area contributed by atoms with Crippen molar-refractivity contribution in [1.82, 2.24) is 4.98 Å². The topological polar surface area (TPSA) is 54.1 Å². The van der Waals surface area contributed by atoms with Gasteiger partial charge in [-0.05, 0) is 30.2 Å². The number of anilines is 1. The number of halogens is 1. The van der Waals surface area contributed by atoms with Crippen LogP contribution in [0.1, 0.15) is 11.1 Å². The van der Waals surface area contributed by atoms with E-state index in [0.717, 1.165) is 22.0 Å². The predicted molar refractivity (Wildman–Crippen MR) is 93.4 cm³/mol. The number of fused-ring (bicyclic) bond motifs is 1. The minimum Gasteiger partial charge on any atom is -0.495 e. The van der Waals surface area contributed by atoms with E-state index in [2.05, 4.69) is 10.3 Å². The summed E-state index contributed by atoms with van der Waals surface area (Å²) in [7, 11) is 1.55. The van der Waals surface area contributed by atoms with Gasteiger partial charge >= 0.3 is 0 Å². The lowest BCUT2D eigenvalue weighted by Crippen LogP contribution is -2.15. The van der Waals surface area contributed by atoms with Gasteiger partial charge in [-0.15, -0.1) is 0 Å². The molecule has 4 nitrogen and oxygen atoms in total. The second-order valence-electron chi connectivity index (χ2n) is 5.39. The molecule has 118 valence electrons. The predicted octanol–water partition coefficient (Wildman–Crippen LogP) is 4.32. The van der Waals surface area contributed by atoms with Gasteiger partial charge in [0, 0.05) is 28.2 Å². The lowest BCUT2D eigenvalue weighted by Gasteiger charge is -2.12. The van der Waals surface area contributed by atoms with Gasteiger partial charge in [-0.1, -0.05) is 29.8 Å². The Labute approximate surface area is 139 Å². The van der Waals surface area contributed by atoms with Crippen molar-refractivity contribution in [3.05, 3.63) is 58.7 Å². The lowest BCUT2D eigenvalue weighted by atomic mass is 10.1. The molecule has 5 heteroatoms. The van der Waals surface area contributed by atoms with Crippen LogP contribution in [0.15, 0.2) is 42.6 Å². The first-order valence-electron chi connectivity index (χ1n) is 7.27. The molecule has 3 aromatic rings. The number of H-pyrrole nitrogens is 1. The Morgan fingerprint density at radius 2 is 2.09 bits per heavy atom. The summed E-state index contributed by atoms with van der Waals surface area (Å²) in [4.78, 5) is 15.5. The van der Waals surface area contributed by atoms with Gasteiger partial charge < -0.3 is 15.0 Å². The van der Waals surface area contributed by atoms with Crippen LogP contribution in [0.25, 0.3) is 10.9 Å². The molecule has 0 aliphatic heterocycles. The Morgan fingerprint density at radius 1 is 1.30 bits per heavy atom. The van der Waals surface area contributed by atoms with Crippen molar-refractivity contribution in [3.8, 4) is 5.75 Å². The number of hydrogen-bond donors (Lipinski definition) is 2. The monoisotopic (exact) mass is 328 g/mol. The van der Waals surface area contributed by atoms with Crippen molar-refractivity contribution in [2.75, 3.05) is 12.4 Å². The molecule has 0 fully saturated rings. The number of aromatic amines is 1. The zero-order chi connectivity index (χ0) is 16.4. The van der Waals surface area contributed by atoms with E-state index < -0.39 is 0 Å². The molecule has 0 spiro atoms. The van der Waals surface area contributed by atoms with E-state index in [4.69, 9.17) is 16.3 Å². The molecule has 1 heterocycles. The van der Waals surface area contributed by atoms with E-state index in [1.165, 1.54) is 0 Å². The van der Waals surface area contributed by atoms with Gasteiger partial charge in [0.15, 0.2) is 0 Å². The highest BCUT2D eigenvalue weighted by Crippen LogP contribution is 2.31. The van der Waals surface area contributed by atoms with Crippen molar-refractivity contribution in [2.45, 2.75) is 13.3 Å². The molecule has 1 aromatic heterocycles. The summed E-state index contributed by atoms with van der Waals surface area (Å²) in [5.41, 5.74) is 3.49. The van der Waals surface area contributed by atoms with E-state index in [1.54, 1.807) is 13.2 Å². The molecule has 0 unspecified atom stereocenters. The number of benzene rings is 2. The van der Waals surface area contributed by atoms with Crippen LogP contribution in [0.2, 0.25) is 5.02 Å². The van der Waals surface area contributed by atoms with Crippen LogP contribution >= 0.6 is 11.6 Å². The van der Waals surface area contributed by atoms with E-state index in [9.17, 15) is 4.79 Å². The number of aromatic nitrogens is 1. The summed E-state index contributed by atoms with van der Waals surface area (Å²) >= 11 is 6.08. The van der Waals surface area contributed by atoms with Crippen molar-refractivity contribution >= 4 is 34.1 Å². The summed E-state index contributed by atoms with van der Waals surface area (Å²) in [5, 5.41) is 4.56. The smallest absolute Gasteiger partial charge is 0.228 e. The zero-order valence-corrected chi connectivity index (χ0v) is 13.7. The highest BCUT2D eigenvalue weighted by Gasteiger charge is 2.12. The van der Waals surface area contributed by atoms with Gasteiger partial charge in [0.25, 0.3) is 0 Å². The average molecular weight is 329 g/mol. The fourth-order valence-electron chi connectivity index (χ4n) is 2.58. The normalized spacial score (nSPS) is 10.7. The molecule has 3 rings (SSSR count). The first-order valence-corrected chi connectivity index (χ1v) is 7.65. The van der Waals surface area contributed by atoms with Gasteiger partial charge in [0.1, 0.15) is 5.75 Å². The van der Waals surface area contributed by atoms with E-state index in [1.807, 2.05) is 43.5 Å². The average Bonchev–Trinajstić information content (AvgIpc) is 2.94. The molecule has 0 saturated carbocycles. The SMILES string of the molecule is COc1cc(Cl)c(C)cc1NC(=O)Cc1c[nH]c2ccccc12. The number of amides is 1. The van der Waals surface area contributed by atoms with Crippen molar-refractivity contribution in [2.24, 2.45) is 0 Å². The minimum atomic E-state index is -0.102. The molecule has 0 radical (unpaired) electrons. The molecule has 0 aliphatic rings. The van der Waals surface area contributed by atoms with Crippen LogP contribution in [0, 0.1) is 6.92 Å². The molecule has 23 heavy (non-hydrogen) atoms. The Balaban J connectivity index is 1.81. The van der Waals surface area contributed by atoms with Crippen LogP contribution in [0.4, 0.5) is 5.69 Å². The van der Waals surface area contributed by atoms with Crippen molar-refractivity contribution in [3.63, 3.8) is 0 Å². The number of nitrogens with one attached hydrogen (secondary N) is 2. The van der Waals surface area contributed by atoms with Crippen LogP contribution < -0.4 is 10.1 Å². The Morgan fingerprint density at radius 3 is 2.87 bits per heavy atom. The van der Waals surface area contributed by atoms with Gasteiger partial charge in [-0.25, -0.2) is 0 Å². The molecule has 0 aliphatic carbocycles. The molecule has 2 N–H and O–H groups in total. The maximum absolute atomic E-state index is 12.4. The lowest BCUT2D eigenvalue weighted by molar-refractivity contribution is -0.115. The van der Waals surface area contributed by atoms with Crippen molar-refractivity contribution in [1.29, 1.82) is 0 Å². The second-order valence-corrected chi connectivity index (χ2v) is 5.79. The van der Waals surface area contributed by atoms with E-state index in [-0.39, 0.29) is 12.3 Å². The van der Waals surface area contributed by atoms with Crippen molar-refractivity contribution < 1.29 is 9.53 Å². The fraction of sp³-hybridized carbons (Fsp3) is 0.167. The number of ether oxygens (including phenoxy) is 1. The summed E-state index contributed by atoms with van der Waals surface area (Å²) in [6.45, 7) is 1.89. The highest BCUT2D eigenvalue weighted by atomic mass is 35.5. The summed E-state index contributed by atoms with van der Waals surface area (Å²) in [6, 6.07) is 11.4. The molecule has 0 bridgehead atoms. The maximum Gasteiger partial charge on any atom is 0.228 e. The number of hydrogen-bond acceptors (Lipinski definition) is 2. The third-order valence-electron chi connectivity index (χ3n) is 3.78. The third kappa shape index (κ3) is 3.17. The number of rotatable bonds is 4. The van der Waals surface area contributed by atoms with Gasteiger partial charge in [0.2, 0.25) is 5.91 Å². The maximum atomic E-state index is 12.4. The second kappa shape index (κ2) is 6.34. The van der Waals surface area contributed by atoms with Crippen LogP contribution in [0.5, 0.6) is 5.75 Å². The number of aryl methyl sites for hydroxylation is 1. The summed E-state index contributed by atoms with van der Waals surface area (Å²) in [6.07, 6.45) is 2.16. The van der Waals surface area contributed by atoms with E-state index >= 15 is 0 Å². The Hall–Kier alpha value is -2.46. The van der Waals surface area contributed by atoms with Crippen LogP contribution in [0.3, 0.4) is 0 Å². The standard InChI is InChI=1S/C18H17ClN2O2/c1-11-7-16(17(23-2)9-14(11)19)21-18(22)8-12-10-20-15-6-4-3-5-13(12)15/h3-7,9-10,20H,8H2,1-2H3,(H,21,22).